The van der Waals surface area contributed by atoms with Crippen LogP contribution >= 0.6 is 15.9 Å². The predicted octanol–water partition coefficient (Wildman–Crippen LogP) is 3.06. The lowest BCUT2D eigenvalue weighted by Crippen LogP contribution is -2.30. The Morgan fingerprint density at radius 2 is 2.18 bits per heavy atom. The molecule has 112 valence electrons. The Morgan fingerprint density at radius 3 is 3.00 bits per heavy atom. The molecule has 1 fully saturated rings. The summed E-state index contributed by atoms with van der Waals surface area (Å²) in [7, 11) is 0. The fourth-order valence-electron chi connectivity index (χ4n) is 3.01. The normalized spacial score (nSPS) is 18.9. The maximum absolute atomic E-state index is 12.8. The number of halogens is 1. The smallest absolute Gasteiger partial charge is 0.261 e. The lowest BCUT2D eigenvalue weighted by Gasteiger charge is -2.24. The molecule has 1 aromatic carbocycles. The van der Waals surface area contributed by atoms with E-state index in [9.17, 15) is 4.79 Å². The van der Waals surface area contributed by atoms with Crippen LogP contribution < -0.4 is 5.56 Å². The lowest BCUT2D eigenvalue weighted by molar-refractivity contribution is 0.0578. The van der Waals surface area contributed by atoms with E-state index >= 15 is 0 Å². The number of ether oxygens (including phenoxy) is 1. The largest absolute Gasteiger partial charge is 0.379 e. The molecule has 0 radical (unpaired) electrons. The van der Waals surface area contributed by atoms with E-state index in [0.29, 0.717) is 17.5 Å². The van der Waals surface area contributed by atoms with Crippen molar-refractivity contribution in [3.8, 4) is 0 Å². The molecule has 0 amide bonds. The van der Waals surface area contributed by atoms with E-state index in [4.69, 9.17) is 4.74 Å². The van der Waals surface area contributed by atoms with Crippen LogP contribution in [0.15, 0.2) is 40.0 Å². The summed E-state index contributed by atoms with van der Waals surface area (Å²) >= 11 is 3.51. The highest BCUT2D eigenvalue weighted by Gasteiger charge is 2.19. The van der Waals surface area contributed by atoms with Crippen molar-refractivity contribution >= 4 is 37.7 Å². The van der Waals surface area contributed by atoms with Gasteiger partial charge in [-0.2, -0.15) is 0 Å². The second-order valence-corrected chi connectivity index (χ2v) is 6.34. The molecule has 2 aromatic heterocycles. The van der Waals surface area contributed by atoms with E-state index < -0.39 is 0 Å². The van der Waals surface area contributed by atoms with Crippen molar-refractivity contribution < 1.29 is 4.74 Å². The van der Waals surface area contributed by atoms with Crippen LogP contribution in [0.4, 0.5) is 0 Å². The monoisotopic (exact) mass is 359 g/mol. The van der Waals surface area contributed by atoms with Gasteiger partial charge in [0, 0.05) is 22.7 Å². The van der Waals surface area contributed by atoms with E-state index in [0.717, 1.165) is 34.8 Å². The topological polar surface area (TPSA) is 57.0 Å². The predicted molar refractivity (Wildman–Crippen MR) is 88.1 cm³/mol. The van der Waals surface area contributed by atoms with Gasteiger partial charge in [-0.15, -0.1) is 0 Å². The van der Waals surface area contributed by atoms with Gasteiger partial charge in [-0.05, 0) is 47.0 Å². The van der Waals surface area contributed by atoms with E-state index in [1.807, 2.05) is 18.2 Å². The minimum Gasteiger partial charge on any atom is -0.379 e. The Balaban J connectivity index is 1.99. The van der Waals surface area contributed by atoms with Crippen LogP contribution in [0, 0.1) is 0 Å². The van der Waals surface area contributed by atoms with Gasteiger partial charge in [0.2, 0.25) is 0 Å². The molecule has 22 heavy (non-hydrogen) atoms. The van der Waals surface area contributed by atoms with Crippen molar-refractivity contribution in [2.45, 2.75) is 18.9 Å². The summed E-state index contributed by atoms with van der Waals surface area (Å²) in [4.78, 5) is 21.7. The van der Waals surface area contributed by atoms with Crippen LogP contribution in [0.3, 0.4) is 0 Å². The zero-order valence-electron chi connectivity index (χ0n) is 11.8. The molecule has 0 spiro atoms. The highest BCUT2D eigenvalue weighted by molar-refractivity contribution is 9.10. The van der Waals surface area contributed by atoms with Crippen LogP contribution in [0.1, 0.15) is 18.9 Å². The van der Waals surface area contributed by atoms with Crippen molar-refractivity contribution in [2.75, 3.05) is 13.2 Å². The number of nitrogens with zero attached hydrogens (tertiary/aromatic N) is 3. The first-order valence-corrected chi connectivity index (χ1v) is 8.07. The summed E-state index contributed by atoms with van der Waals surface area (Å²) < 4.78 is 8.01. The molecule has 5 nitrogen and oxygen atoms in total. The first-order chi connectivity index (χ1) is 10.8. The van der Waals surface area contributed by atoms with Gasteiger partial charge in [0.05, 0.1) is 35.4 Å². The Kier molecular flexibility index (Phi) is 3.43. The number of aromatic nitrogens is 3. The number of benzene rings is 1. The molecule has 1 aliphatic rings. The molecular formula is C16H14BrN3O2. The molecule has 0 saturated carbocycles. The van der Waals surface area contributed by atoms with Crippen molar-refractivity contribution in [1.82, 2.24) is 14.5 Å². The Morgan fingerprint density at radius 1 is 1.27 bits per heavy atom. The van der Waals surface area contributed by atoms with E-state index in [-0.39, 0.29) is 11.6 Å². The summed E-state index contributed by atoms with van der Waals surface area (Å²) in [6.07, 6.45) is 5.30. The van der Waals surface area contributed by atoms with Crippen LogP contribution in [0.2, 0.25) is 0 Å². The number of fused-ring (bicyclic) bond motifs is 3. The maximum Gasteiger partial charge on any atom is 0.261 e. The maximum atomic E-state index is 12.8. The fraction of sp³-hybridized carbons (Fsp3) is 0.312. The molecule has 0 unspecified atom stereocenters. The first kappa shape index (κ1) is 13.8. The minimum absolute atomic E-state index is 0.0213. The van der Waals surface area contributed by atoms with Crippen molar-refractivity contribution in [2.24, 2.45) is 0 Å². The van der Waals surface area contributed by atoms with E-state index in [1.54, 1.807) is 17.1 Å². The van der Waals surface area contributed by atoms with Gasteiger partial charge >= 0.3 is 0 Å². The van der Waals surface area contributed by atoms with Crippen molar-refractivity contribution in [3.63, 3.8) is 0 Å². The van der Waals surface area contributed by atoms with Crippen LogP contribution in [0.25, 0.3) is 21.8 Å². The third-order valence-corrected chi connectivity index (χ3v) is 4.73. The quantitative estimate of drug-likeness (QED) is 0.626. The molecule has 1 atom stereocenters. The van der Waals surface area contributed by atoms with Crippen LogP contribution in [-0.2, 0) is 4.74 Å². The zero-order chi connectivity index (χ0) is 15.1. The third-order valence-electron chi connectivity index (χ3n) is 4.12. The van der Waals surface area contributed by atoms with Crippen molar-refractivity contribution in [1.29, 1.82) is 0 Å². The Labute approximate surface area is 135 Å². The molecular weight excluding hydrogens is 346 g/mol. The van der Waals surface area contributed by atoms with E-state index in [1.165, 1.54) is 0 Å². The average molecular weight is 360 g/mol. The number of pyridine rings is 1. The molecule has 0 N–H and O–H groups in total. The van der Waals surface area contributed by atoms with Gasteiger partial charge < -0.3 is 4.74 Å². The average Bonchev–Trinajstić information content (AvgIpc) is 2.57. The number of hydrogen-bond acceptors (Lipinski definition) is 4. The molecule has 3 aromatic rings. The highest BCUT2D eigenvalue weighted by Crippen LogP contribution is 2.28. The Hall–Kier alpha value is -1.79. The molecule has 0 bridgehead atoms. The van der Waals surface area contributed by atoms with Crippen molar-refractivity contribution in [3.05, 3.63) is 45.5 Å². The lowest BCUT2D eigenvalue weighted by atomic mass is 10.1. The fourth-order valence-corrected chi connectivity index (χ4v) is 3.56. The standard InChI is InChI=1S/C16H14BrN3O2/c17-13-7-12-14(11-4-1-5-18-15(11)13)19-9-20(16(12)21)10-3-2-6-22-8-10/h1,4-5,7,9-10H,2-3,6,8H2/t10-/m1/s1. The van der Waals surface area contributed by atoms with Gasteiger partial charge in [-0.25, -0.2) is 4.98 Å². The summed E-state index contributed by atoms with van der Waals surface area (Å²) in [5.74, 6) is 0. The van der Waals surface area contributed by atoms with Gasteiger partial charge in [0.25, 0.3) is 5.56 Å². The van der Waals surface area contributed by atoms with Gasteiger partial charge in [0.15, 0.2) is 0 Å². The highest BCUT2D eigenvalue weighted by atomic mass is 79.9. The number of rotatable bonds is 1. The van der Waals surface area contributed by atoms with Gasteiger partial charge in [-0.1, -0.05) is 0 Å². The molecule has 1 aliphatic heterocycles. The van der Waals surface area contributed by atoms with Gasteiger partial charge in [-0.3, -0.25) is 14.3 Å². The van der Waals surface area contributed by atoms with Gasteiger partial charge in [0.1, 0.15) is 0 Å². The second-order valence-electron chi connectivity index (χ2n) is 5.48. The summed E-state index contributed by atoms with van der Waals surface area (Å²) in [6, 6.07) is 5.69. The zero-order valence-corrected chi connectivity index (χ0v) is 13.4. The summed E-state index contributed by atoms with van der Waals surface area (Å²) in [5.41, 5.74) is 1.50. The SMILES string of the molecule is O=c1c2cc(Br)c3ncccc3c2ncn1[C@@H]1CCCOC1. The molecule has 3 heterocycles. The van der Waals surface area contributed by atoms with Crippen LogP contribution in [-0.4, -0.2) is 27.7 Å². The number of hydrogen-bond donors (Lipinski definition) is 0. The summed E-state index contributed by atoms with van der Waals surface area (Å²) in [5, 5.41) is 1.50. The molecule has 6 heteroatoms. The second kappa shape index (κ2) is 5.44. The first-order valence-electron chi connectivity index (χ1n) is 7.27. The molecule has 1 saturated heterocycles. The minimum atomic E-state index is -0.0213. The Bertz CT molecular complexity index is 916. The van der Waals surface area contributed by atoms with Crippen LogP contribution in [0.5, 0.6) is 0 Å². The van der Waals surface area contributed by atoms with E-state index in [2.05, 4.69) is 25.9 Å². The third kappa shape index (κ3) is 2.14. The molecule has 4 rings (SSSR count). The molecule has 0 aliphatic carbocycles. The summed E-state index contributed by atoms with van der Waals surface area (Å²) in [6.45, 7) is 1.34.